The number of aromatic nitrogens is 4. The third kappa shape index (κ3) is 3.33. The van der Waals surface area contributed by atoms with E-state index in [1.807, 2.05) is 18.2 Å². The molecule has 30 heavy (non-hydrogen) atoms. The van der Waals surface area contributed by atoms with Crippen LogP contribution < -0.4 is 20.9 Å². The third-order valence-electron chi connectivity index (χ3n) is 5.55. The summed E-state index contributed by atoms with van der Waals surface area (Å²) in [5, 5.41) is 2.88. The smallest absolute Gasteiger partial charge is 0.329 e. The van der Waals surface area contributed by atoms with Crippen LogP contribution in [0.2, 0.25) is 0 Å². The summed E-state index contributed by atoms with van der Waals surface area (Å²) < 4.78 is 0. The minimum Gasteiger partial charge on any atom is -0.366 e. The molecule has 0 spiro atoms. The summed E-state index contributed by atoms with van der Waals surface area (Å²) in [7, 11) is 0. The first-order valence-electron chi connectivity index (χ1n) is 9.99. The number of hydrogen-bond donors (Lipinski definition) is 2. The molecule has 0 aromatic carbocycles. The largest absolute Gasteiger partial charge is 0.366 e. The first kappa shape index (κ1) is 18.4. The predicted molar refractivity (Wildman–Crippen MR) is 114 cm³/mol. The fraction of sp³-hybridized carbons (Fsp3) is 0.286. The first-order valence-corrected chi connectivity index (χ1v) is 9.99. The van der Waals surface area contributed by atoms with Crippen molar-refractivity contribution in [3.8, 4) is 11.3 Å². The lowest BCUT2D eigenvalue weighted by molar-refractivity contribution is 0.252. The molecular weight excluding hydrogens is 380 g/mol. The van der Waals surface area contributed by atoms with Crippen LogP contribution in [-0.4, -0.2) is 45.1 Å². The van der Waals surface area contributed by atoms with Gasteiger partial charge in [0.05, 0.1) is 17.4 Å². The van der Waals surface area contributed by atoms with Crippen LogP contribution in [0.25, 0.3) is 11.3 Å². The van der Waals surface area contributed by atoms with Crippen molar-refractivity contribution in [2.75, 3.05) is 28.2 Å². The quantitative estimate of drug-likeness (QED) is 0.692. The Labute approximate surface area is 174 Å². The number of nitrogens with zero attached hydrogens (tertiary/aromatic N) is 6. The van der Waals surface area contributed by atoms with Gasteiger partial charge in [0.2, 0.25) is 0 Å². The molecule has 0 unspecified atom stereocenters. The van der Waals surface area contributed by atoms with Gasteiger partial charge in [0.15, 0.2) is 5.82 Å². The summed E-state index contributed by atoms with van der Waals surface area (Å²) >= 11 is 0. The second-order valence-electron chi connectivity index (χ2n) is 7.46. The Kier molecular flexibility index (Phi) is 4.72. The molecular formula is C21H22N8O. The number of amides is 2. The Hall–Kier alpha value is -3.59. The normalized spacial score (nSPS) is 17.4. The Morgan fingerprint density at radius 2 is 2.17 bits per heavy atom. The highest BCUT2D eigenvalue weighted by Crippen LogP contribution is 2.39. The number of rotatable bonds is 3. The second kappa shape index (κ2) is 7.68. The zero-order chi connectivity index (χ0) is 20.5. The molecule has 0 saturated carbocycles. The van der Waals surface area contributed by atoms with Crippen LogP contribution in [0.5, 0.6) is 0 Å². The van der Waals surface area contributed by atoms with Gasteiger partial charge in [-0.15, -0.1) is 0 Å². The van der Waals surface area contributed by atoms with Crippen molar-refractivity contribution in [3.05, 3.63) is 54.7 Å². The zero-order valence-electron chi connectivity index (χ0n) is 16.4. The third-order valence-corrected chi connectivity index (χ3v) is 5.55. The van der Waals surface area contributed by atoms with E-state index in [2.05, 4.69) is 25.2 Å². The molecule has 1 saturated heterocycles. The first-order chi connectivity index (χ1) is 14.7. The molecule has 5 heterocycles. The van der Waals surface area contributed by atoms with Gasteiger partial charge in [-0.1, -0.05) is 0 Å². The average molecular weight is 402 g/mol. The van der Waals surface area contributed by atoms with Crippen LogP contribution in [0.4, 0.5) is 22.1 Å². The number of nitrogens with two attached hydrogens (primary N) is 1. The Balaban J connectivity index is 1.55. The predicted octanol–water partition coefficient (Wildman–Crippen LogP) is 2.41. The highest BCUT2D eigenvalue weighted by Gasteiger charge is 2.38. The number of pyridine rings is 2. The number of urea groups is 1. The van der Waals surface area contributed by atoms with E-state index in [0.717, 1.165) is 48.4 Å². The Bertz CT molecular complexity index is 1070. The zero-order valence-corrected chi connectivity index (χ0v) is 16.4. The molecule has 0 aliphatic carbocycles. The standard InChI is InChI=1S/C21H22N8O/c22-9-14-8-15(11-24-10-14)17-3-4-18-20(26-17)29(16-2-1-7-28(18)12-16)21(30)27-19-5-6-23-13-25-19/h3-6,8,10-11,13,16H,1-2,7,9,12,22H2,(H,23,25,27,30)/t16-/m0/s1. The summed E-state index contributed by atoms with van der Waals surface area (Å²) in [6, 6.07) is 7.50. The van der Waals surface area contributed by atoms with Gasteiger partial charge in [-0.25, -0.2) is 19.7 Å². The van der Waals surface area contributed by atoms with E-state index in [-0.39, 0.29) is 12.1 Å². The number of carbonyl (C=O) groups is 1. The van der Waals surface area contributed by atoms with E-state index in [1.54, 1.807) is 29.6 Å². The summed E-state index contributed by atoms with van der Waals surface area (Å²) in [6.45, 7) is 2.18. The van der Waals surface area contributed by atoms with Crippen molar-refractivity contribution in [3.63, 3.8) is 0 Å². The van der Waals surface area contributed by atoms with Crippen molar-refractivity contribution < 1.29 is 4.79 Å². The van der Waals surface area contributed by atoms with E-state index < -0.39 is 0 Å². The Morgan fingerprint density at radius 3 is 3.00 bits per heavy atom. The van der Waals surface area contributed by atoms with Gasteiger partial charge in [0, 0.05) is 43.8 Å². The fourth-order valence-electron chi connectivity index (χ4n) is 4.12. The summed E-state index contributed by atoms with van der Waals surface area (Å²) in [5.74, 6) is 1.12. The molecule has 2 bridgehead atoms. The van der Waals surface area contributed by atoms with Gasteiger partial charge in [0.1, 0.15) is 12.1 Å². The summed E-state index contributed by atoms with van der Waals surface area (Å²) in [5.41, 5.74) is 9.31. The maximum Gasteiger partial charge on any atom is 0.329 e. The number of hydrogen-bond acceptors (Lipinski definition) is 7. The molecule has 2 amide bonds. The number of anilines is 3. The minimum atomic E-state index is -0.236. The van der Waals surface area contributed by atoms with Gasteiger partial charge in [-0.2, -0.15) is 0 Å². The molecule has 152 valence electrons. The van der Waals surface area contributed by atoms with E-state index in [0.29, 0.717) is 18.2 Å². The lowest BCUT2D eigenvalue weighted by atomic mass is 9.99. The molecule has 0 radical (unpaired) electrons. The van der Waals surface area contributed by atoms with Crippen molar-refractivity contribution in [1.82, 2.24) is 19.9 Å². The van der Waals surface area contributed by atoms with Crippen LogP contribution in [0, 0.1) is 0 Å². The highest BCUT2D eigenvalue weighted by atomic mass is 16.2. The van der Waals surface area contributed by atoms with Crippen molar-refractivity contribution in [2.45, 2.75) is 25.4 Å². The Morgan fingerprint density at radius 1 is 1.23 bits per heavy atom. The number of piperidine rings is 1. The summed E-state index contributed by atoms with van der Waals surface area (Å²) in [4.78, 5) is 34.5. The van der Waals surface area contributed by atoms with Gasteiger partial charge < -0.3 is 10.6 Å². The molecule has 1 atom stereocenters. The van der Waals surface area contributed by atoms with Gasteiger partial charge >= 0.3 is 6.03 Å². The SMILES string of the molecule is NCc1cncc(-c2ccc3c(n2)N(C(=O)Nc2ccncn2)[C@H]2CCCN3C2)c1. The molecule has 3 aromatic rings. The van der Waals surface area contributed by atoms with Crippen molar-refractivity contribution >= 4 is 23.4 Å². The highest BCUT2D eigenvalue weighted by molar-refractivity contribution is 6.04. The monoisotopic (exact) mass is 402 g/mol. The molecule has 2 aliphatic heterocycles. The van der Waals surface area contributed by atoms with Crippen molar-refractivity contribution in [1.29, 1.82) is 0 Å². The number of fused-ring (bicyclic) bond motifs is 4. The minimum absolute atomic E-state index is 0.0596. The molecule has 3 aromatic heterocycles. The van der Waals surface area contributed by atoms with E-state index in [1.165, 1.54) is 6.33 Å². The fourth-order valence-corrected chi connectivity index (χ4v) is 4.12. The van der Waals surface area contributed by atoms with Crippen LogP contribution >= 0.6 is 0 Å². The van der Waals surface area contributed by atoms with Gasteiger partial charge in [0.25, 0.3) is 0 Å². The lowest BCUT2D eigenvalue weighted by Crippen LogP contribution is -2.56. The van der Waals surface area contributed by atoms with Crippen LogP contribution in [0.3, 0.4) is 0 Å². The van der Waals surface area contributed by atoms with Crippen LogP contribution in [0.1, 0.15) is 18.4 Å². The molecule has 9 heteroatoms. The topological polar surface area (TPSA) is 113 Å². The van der Waals surface area contributed by atoms with Crippen molar-refractivity contribution in [2.24, 2.45) is 5.73 Å². The van der Waals surface area contributed by atoms with E-state index in [9.17, 15) is 4.79 Å². The molecule has 5 rings (SSSR count). The van der Waals surface area contributed by atoms with Crippen LogP contribution in [-0.2, 0) is 6.54 Å². The van der Waals surface area contributed by atoms with Crippen LogP contribution in [0.15, 0.2) is 49.2 Å². The van der Waals surface area contributed by atoms with E-state index in [4.69, 9.17) is 10.7 Å². The maximum atomic E-state index is 13.2. The number of carbonyl (C=O) groups excluding carboxylic acids is 1. The lowest BCUT2D eigenvalue weighted by Gasteiger charge is -2.45. The molecule has 9 nitrogen and oxygen atoms in total. The average Bonchev–Trinajstić information content (AvgIpc) is 2.80. The summed E-state index contributed by atoms with van der Waals surface area (Å²) in [6.07, 6.45) is 8.50. The molecule has 2 aliphatic rings. The van der Waals surface area contributed by atoms with E-state index >= 15 is 0 Å². The molecule has 3 N–H and O–H groups in total. The maximum absolute atomic E-state index is 13.2. The van der Waals surface area contributed by atoms with Gasteiger partial charge in [-0.3, -0.25) is 15.2 Å². The van der Waals surface area contributed by atoms with Gasteiger partial charge in [-0.05, 0) is 42.7 Å². The number of nitrogens with one attached hydrogen (secondary N) is 1. The molecule has 1 fully saturated rings. The second-order valence-corrected chi connectivity index (χ2v) is 7.46.